The Morgan fingerprint density at radius 3 is 2.15 bits per heavy atom. The summed E-state index contributed by atoms with van der Waals surface area (Å²) in [6, 6.07) is 22.3. The Hall–Kier alpha value is -4.13. The number of hydrogen-bond acceptors (Lipinski definition) is 4. The first-order valence-corrected chi connectivity index (χ1v) is 13.4. The van der Waals surface area contributed by atoms with Crippen molar-refractivity contribution in [2.75, 3.05) is 7.11 Å². The minimum atomic E-state index is -1.04. The number of amides is 2. The lowest BCUT2D eigenvalue weighted by atomic mass is 9.92. The van der Waals surface area contributed by atoms with E-state index in [0.717, 1.165) is 29.7 Å². The van der Waals surface area contributed by atoms with Crippen LogP contribution in [0.1, 0.15) is 49.4 Å². The molecule has 0 saturated carbocycles. The lowest BCUT2D eigenvalue weighted by molar-refractivity contribution is -0.142. The molecule has 0 aromatic heterocycles. The van der Waals surface area contributed by atoms with Crippen LogP contribution >= 0.6 is 0 Å². The predicted molar refractivity (Wildman–Crippen MR) is 150 cm³/mol. The number of ether oxygens (including phenoxy) is 1. The Labute approximate surface area is 229 Å². The molecule has 1 aliphatic rings. The number of carboxylic acids is 1. The molecule has 7 heteroatoms. The molecule has 0 heterocycles. The number of methoxy groups -OCH3 is 1. The summed E-state index contributed by atoms with van der Waals surface area (Å²) in [5, 5.41) is 15.4. The van der Waals surface area contributed by atoms with Crippen molar-refractivity contribution in [3.8, 4) is 16.9 Å². The van der Waals surface area contributed by atoms with Crippen molar-refractivity contribution in [3.05, 3.63) is 89.5 Å². The molecule has 1 aliphatic carbocycles. The number of fused-ring (bicyclic) bond motifs is 1. The molecule has 39 heavy (non-hydrogen) atoms. The zero-order valence-corrected chi connectivity index (χ0v) is 22.6. The van der Waals surface area contributed by atoms with E-state index in [2.05, 4.69) is 22.8 Å². The van der Waals surface area contributed by atoms with Crippen LogP contribution < -0.4 is 15.4 Å². The maximum atomic E-state index is 13.6. The zero-order chi connectivity index (χ0) is 27.9. The van der Waals surface area contributed by atoms with E-state index in [1.165, 1.54) is 11.1 Å². The molecule has 2 amide bonds. The van der Waals surface area contributed by atoms with Crippen LogP contribution in [-0.2, 0) is 27.2 Å². The van der Waals surface area contributed by atoms with Gasteiger partial charge < -0.3 is 20.5 Å². The SMILES string of the molecule is COc1cccc(-c2ccc(C(NC(=O)[C@@H](CC(=O)O)CC(C)C)C(=O)NC3Cc4ccccc4C3)cc2)c1. The summed E-state index contributed by atoms with van der Waals surface area (Å²) in [7, 11) is 1.62. The highest BCUT2D eigenvalue weighted by molar-refractivity contribution is 5.91. The van der Waals surface area contributed by atoms with Crippen LogP contribution in [0.3, 0.4) is 0 Å². The summed E-state index contributed by atoms with van der Waals surface area (Å²) in [6.07, 6.45) is 1.59. The van der Waals surface area contributed by atoms with Gasteiger partial charge in [0, 0.05) is 12.0 Å². The van der Waals surface area contributed by atoms with Crippen LogP contribution in [-0.4, -0.2) is 36.0 Å². The standard InChI is InChI=1S/C32H36N2O5/c1-20(2)15-26(19-29(35)36)31(37)34-30(32(38)33-27-16-23-7-4-5-8-24(23)17-27)22-13-11-21(12-14-22)25-9-6-10-28(18-25)39-3/h4-14,18,20,26-27,30H,15-17,19H2,1-3H3,(H,33,38)(H,34,37)(H,35,36)/t26-,30?/m1/s1. The van der Waals surface area contributed by atoms with E-state index in [1.54, 1.807) is 7.11 Å². The van der Waals surface area contributed by atoms with Crippen molar-refractivity contribution < 1.29 is 24.2 Å². The second-order valence-corrected chi connectivity index (χ2v) is 10.6. The molecular weight excluding hydrogens is 492 g/mol. The molecule has 3 aromatic rings. The molecule has 204 valence electrons. The topological polar surface area (TPSA) is 105 Å². The average molecular weight is 529 g/mol. The van der Waals surface area contributed by atoms with E-state index < -0.39 is 23.8 Å². The average Bonchev–Trinajstić information content (AvgIpc) is 3.33. The Balaban J connectivity index is 1.57. The van der Waals surface area contributed by atoms with Gasteiger partial charge in [-0.25, -0.2) is 0 Å². The third-order valence-electron chi connectivity index (χ3n) is 7.14. The van der Waals surface area contributed by atoms with E-state index in [-0.39, 0.29) is 24.3 Å². The fourth-order valence-electron chi connectivity index (χ4n) is 5.24. The number of carbonyl (C=O) groups excluding carboxylic acids is 2. The van der Waals surface area contributed by atoms with E-state index in [0.29, 0.717) is 12.0 Å². The monoisotopic (exact) mass is 528 g/mol. The van der Waals surface area contributed by atoms with Gasteiger partial charge in [0.1, 0.15) is 11.8 Å². The van der Waals surface area contributed by atoms with Gasteiger partial charge >= 0.3 is 5.97 Å². The van der Waals surface area contributed by atoms with Gasteiger partial charge in [-0.3, -0.25) is 14.4 Å². The third-order valence-corrected chi connectivity index (χ3v) is 7.14. The first-order chi connectivity index (χ1) is 18.7. The van der Waals surface area contributed by atoms with Crippen LogP contribution in [0.15, 0.2) is 72.8 Å². The molecule has 0 aliphatic heterocycles. The summed E-state index contributed by atoms with van der Waals surface area (Å²) in [4.78, 5) is 38.4. The Bertz CT molecular complexity index is 1290. The van der Waals surface area contributed by atoms with E-state index in [9.17, 15) is 19.5 Å². The van der Waals surface area contributed by atoms with E-state index >= 15 is 0 Å². The van der Waals surface area contributed by atoms with Crippen molar-refractivity contribution in [2.45, 2.75) is 51.6 Å². The third kappa shape index (κ3) is 7.25. The number of carbonyl (C=O) groups is 3. The van der Waals surface area contributed by atoms with E-state index in [1.807, 2.05) is 74.5 Å². The molecule has 7 nitrogen and oxygen atoms in total. The second-order valence-electron chi connectivity index (χ2n) is 10.6. The lowest BCUT2D eigenvalue weighted by Crippen LogP contribution is -2.46. The number of nitrogens with one attached hydrogen (secondary N) is 2. The molecule has 1 unspecified atom stereocenters. The summed E-state index contributed by atoms with van der Waals surface area (Å²) in [5.74, 6) is -1.64. The Morgan fingerprint density at radius 1 is 0.897 bits per heavy atom. The van der Waals surface area contributed by atoms with Crippen LogP contribution in [0, 0.1) is 11.8 Å². The number of benzene rings is 3. The summed E-state index contributed by atoms with van der Waals surface area (Å²) >= 11 is 0. The minimum Gasteiger partial charge on any atom is -0.497 e. The number of hydrogen-bond donors (Lipinski definition) is 3. The maximum Gasteiger partial charge on any atom is 0.304 e. The van der Waals surface area contributed by atoms with E-state index in [4.69, 9.17) is 4.74 Å². The van der Waals surface area contributed by atoms with Crippen molar-refractivity contribution in [3.63, 3.8) is 0 Å². The Morgan fingerprint density at radius 2 is 1.56 bits per heavy atom. The molecule has 0 bridgehead atoms. The number of rotatable bonds is 11. The summed E-state index contributed by atoms with van der Waals surface area (Å²) in [6.45, 7) is 3.89. The lowest BCUT2D eigenvalue weighted by Gasteiger charge is -2.24. The quantitative estimate of drug-likeness (QED) is 0.327. The van der Waals surface area contributed by atoms with Gasteiger partial charge in [-0.15, -0.1) is 0 Å². The van der Waals surface area contributed by atoms with Gasteiger partial charge in [0.25, 0.3) is 0 Å². The summed E-state index contributed by atoms with van der Waals surface area (Å²) < 4.78 is 5.34. The molecule has 4 rings (SSSR count). The molecular formula is C32H36N2O5. The first kappa shape index (κ1) is 27.9. The molecule has 0 fully saturated rings. The molecule has 0 radical (unpaired) electrons. The van der Waals surface area contributed by atoms with Gasteiger partial charge in [-0.05, 0) is 65.1 Å². The molecule has 3 aromatic carbocycles. The van der Waals surface area contributed by atoms with Crippen molar-refractivity contribution >= 4 is 17.8 Å². The second kappa shape index (κ2) is 12.6. The largest absolute Gasteiger partial charge is 0.497 e. The number of aliphatic carboxylic acids is 1. The highest BCUT2D eigenvalue weighted by Crippen LogP contribution is 2.27. The summed E-state index contributed by atoms with van der Waals surface area (Å²) in [5.41, 5.74) is 4.96. The fraction of sp³-hybridized carbons (Fsp3) is 0.344. The smallest absolute Gasteiger partial charge is 0.304 e. The molecule has 0 spiro atoms. The molecule has 2 atom stereocenters. The van der Waals surface area contributed by atoms with Crippen LogP contribution in [0.5, 0.6) is 5.75 Å². The highest BCUT2D eigenvalue weighted by atomic mass is 16.5. The first-order valence-electron chi connectivity index (χ1n) is 13.4. The number of carboxylic acid groups (broad SMARTS) is 1. The predicted octanol–water partition coefficient (Wildman–Crippen LogP) is 4.94. The zero-order valence-electron chi connectivity index (χ0n) is 22.6. The van der Waals surface area contributed by atoms with Gasteiger partial charge in [0.15, 0.2) is 0 Å². The fourth-order valence-corrected chi connectivity index (χ4v) is 5.24. The van der Waals surface area contributed by atoms with Gasteiger partial charge in [-0.2, -0.15) is 0 Å². The Kier molecular flexibility index (Phi) is 9.02. The maximum absolute atomic E-state index is 13.6. The van der Waals surface area contributed by atoms with Crippen LogP contribution in [0.2, 0.25) is 0 Å². The van der Waals surface area contributed by atoms with Crippen molar-refractivity contribution in [1.29, 1.82) is 0 Å². The van der Waals surface area contributed by atoms with Gasteiger partial charge in [-0.1, -0.05) is 74.5 Å². The highest BCUT2D eigenvalue weighted by Gasteiger charge is 2.31. The van der Waals surface area contributed by atoms with Crippen LogP contribution in [0.25, 0.3) is 11.1 Å². The van der Waals surface area contributed by atoms with Crippen molar-refractivity contribution in [1.82, 2.24) is 10.6 Å². The normalized spacial score (nSPS) is 14.4. The van der Waals surface area contributed by atoms with Gasteiger partial charge in [0.2, 0.25) is 11.8 Å². The van der Waals surface area contributed by atoms with Crippen LogP contribution in [0.4, 0.5) is 0 Å². The molecule has 0 saturated heterocycles. The van der Waals surface area contributed by atoms with Crippen molar-refractivity contribution in [2.24, 2.45) is 11.8 Å². The minimum absolute atomic E-state index is 0.0733. The van der Waals surface area contributed by atoms with Gasteiger partial charge in [0.05, 0.1) is 13.5 Å². The molecule has 3 N–H and O–H groups in total.